The molecule has 4 heteroatoms. The van der Waals surface area contributed by atoms with Crippen molar-refractivity contribution in [2.24, 2.45) is 0 Å². The zero-order valence-electron chi connectivity index (χ0n) is 36.2. The first-order valence-corrected chi connectivity index (χ1v) is 21.2. The molecule has 0 bridgehead atoms. The van der Waals surface area contributed by atoms with Gasteiger partial charge in [-0.2, -0.15) is 0 Å². The summed E-state index contributed by atoms with van der Waals surface area (Å²) in [5, 5.41) is 2.30. The number of hydrogen-bond donors (Lipinski definition) is 0. The van der Waals surface area contributed by atoms with Crippen molar-refractivity contribution in [2.75, 3.05) is 9.80 Å². The molecular formula is C55H53BN2O. The molecule has 8 aromatic rings. The minimum atomic E-state index is -0.0161. The lowest BCUT2D eigenvalue weighted by atomic mass is 9.33. The fraction of sp³-hybridized carbons (Fsp3) is 0.236. The van der Waals surface area contributed by atoms with Crippen molar-refractivity contribution in [2.45, 2.75) is 85.5 Å². The Kier molecular flexibility index (Phi) is 8.22. The van der Waals surface area contributed by atoms with E-state index in [0.717, 1.165) is 38.8 Å². The van der Waals surface area contributed by atoms with Crippen LogP contribution in [0.1, 0.15) is 84.6 Å². The molecule has 0 saturated carbocycles. The second kappa shape index (κ2) is 13.0. The van der Waals surface area contributed by atoms with E-state index < -0.39 is 0 Å². The summed E-state index contributed by atoms with van der Waals surface area (Å²) in [5.41, 5.74) is 20.8. The second-order valence-electron chi connectivity index (χ2n) is 20.0. The molecule has 7 aromatic carbocycles. The molecule has 0 N–H and O–H groups in total. The van der Waals surface area contributed by atoms with Crippen molar-refractivity contribution >= 4 is 79.2 Å². The van der Waals surface area contributed by atoms with Gasteiger partial charge < -0.3 is 14.2 Å². The van der Waals surface area contributed by atoms with Gasteiger partial charge in [0.1, 0.15) is 11.2 Å². The van der Waals surface area contributed by atoms with E-state index in [1.54, 1.807) is 0 Å². The monoisotopic (exact) mass is 768 g/mol. The Morgan fingerprint density at radius 3 is 1.63 bits per heavy atom. The topological polar surface area (TPSA) is 19.6 Å². The molecule has 0 saturated heterocycles. The molecule has 0 amide bonds. The first-order chi connectivity index (χ1) is 28.0. The summed E-state index contributed by atoms with van der Waals surface area (Å²) in [6, 6.07) is 52.7. The first kappa shape index (κ1) is 37.3. The van der Waals surface area contributed by atoms with E-state index in [4.69, 9.17) is 4.42 Å². The van der Waals surface area contributed by atoms with E-state index in [2.05, 4.69) is 206 Å². The average Bonchev–Trinajstić information content (AvgIpc) is 3.57. The maximum absolute atomic E-state index is 6.30. The SMILES string of the molecule is Cc1cc2c3c(c1)N(c1ccc(-c4ccc5c(c4)oc4ccccc45)cc1)c1cc(C(C)(C)C)ccc1B3c1cc(C(C)(C)C)ccc1N2c1ccc(C(C)(C)C)cc1. The molecule has 0 atom stereocenters. The fourth-order valence-corrected chi connectivity index (χ4v) is 9.44. The Hall–Kier alpha value is -6.00. The third kappa shape index (κ3) is 6.10. The smallest absolute Gasteiger partial charge is 0.252 e. The van der Waals surface area contributed by atoms with Crippen molar-refractivity contribution in [3.05, 3.63) is 162 Å². The quantitative estimate of drug-likeness (QED) is 0.167. The summed E-state index contributed by atoms with van der Waals surface area (Å²) >= 11 is 0. The molecule has 10 rings (SSSR count). The van der Waals surface area contributed by atoms with Crippen molar-refractivity contribution in [3.63, 3.8) is 0 Å². The van der Waals surface area contributed by atoms with E-state index in [0.29, 0.717) is 0 Å². The van der Waals surface area contributed by atoms with Crippen LogP contribution in [0.25, 0.3) is 33.1 Å². The molecular weight excluding hydrogens is 715 g/mol. The molecule has 0 aliphatic carbocycles. The summed E-state index contributed by atoms with van der Waals surface area (Å²) in [7, 11) is 0. The van der Waals surface area contributed by atoms with Crippen LogP contribution in [0.15, 0.2) is 144 Å². The van der Waals surface area contributed by atoms with Gasteiger partial charge in [-0.1, -0.05) is 135 Å². The summed E-state index contributed by atoms with van der Waals surface area (Å²) in [6.45, 7) is 23.1. The zero-order valence-corrected chi connectivity index (χ0v) is 36.2. The van der Waals surface area contributed by atoms with Gasteiger partial charge in [0.15, 0.2) is 0 Å². The van der Waals surface area contributed by atoms with Gasteiger partial charge >= 0.3 is 0 Å². The average molecular weight is 769 g/mol. The highest BCUT2D eigenvalue weighted by Gasteiger charge is 2.44. The van der Waals surface area contributed by atoms with Gasteiger partial charge in [0, 0.05) is 44.9 Å². The van der Waals surface area contributed by atoms with Gasteiger partial charge in [-0.25, -0.2) is 0 Å². The van der Waals surface area contributed by atoms with Crippen molar-refractivity contribution in [1.82, 2.24) is 0 Å². The third-order valence-electron chi connectivity index (χ3n) is 12.8. The number of nitrogens with zero attached hydrogens (tertiary/aromatic N) is 2. The largest absolute Gasteiger partial charge is 0.456 e. The minimum absolute atomic E-state index is 0.000901. The molecule has 0 fully saturated rings. The summed E-state index contributed by atoms with van der Waals surface area (Å²) in [4.78, 5) is 5.07. The number of fused-ring (bicyclic) bond motifs is 7. The summed E-state index contributed by atoms with van der Waals surface area (Å²) in [6.07, 6.45) is 0. The third-order valence-corrected chi connectivity index (χ3v) is 12.8. The van der Waals surface area contributed by atoms with Crippen LogP contribution in [0, 0.1) is 6.92 Å². The fourth-order valence-electron chi connectivity index (χ4n) is 9.44. The highest BCUT2D eigenvalue weighted by Crippen LogP contribution is 2.46. The van der Waals surface area contributed by atoms with Gasteiger partial charge in [0.2, 0.25) is 0 Å². The molecule has 0 spiro atoms. The van der Waals surface area contributed by atoms with Crippen molar-refractivity contribution < 1.29 is 4.42 Å². The van der Waals surface area contributed by atoms with Crippen molar-refractivity contribution in [3.8, 4) is 11.1 Å². The maximum Gasteiger partial charge on any atom is 0.252 e. The van der Waals surface area contributed by atoms with Gasteiger partial charge in [-0.05, 0) is 140 Å². The van der Waals surface area contributed by atoms with E-state index in [1.165, 1.54) is 67.1 Å². The Bertz CT molecular complexity index is 2950. The van der Waals surface area contributed by atoms with Gasteiger partial charge in [-0.3, -0.25) is 0 Å². The van der Waals surface area contributed by atoms with Crippen LogP contribution < -0.4 is 26.2 Å². The first-order valence-electron chi connectivity index (χ1n) is 21.2. The van der Waals surface area contributed by atoms with E-state index >= 15 is 0 Å². The van der Waals surface area contributed by atoms with Crippen LogP contribution in [-0.4, -0.2) is 6.71 Å². The standard InChI is InChI=1S/C55H53BN2O/c1-34-29-48-52-49(30-34)58(40-22-15-35(16-23-40)36-17-26-43-42-13-11-12-14-50(42)59-51(43)31-36)47-33-39(55(8,9)10)20-27-44(47)56(52)45-32-38(54(5,6)7)21-28-46(45)57(48)41-24-18-37(19-25-41)53(2,3)4/h11-33H,1-10H3. The number of hydrogen-bond acceptors (Lipinski definition) is 3. The Labute approximate surface area is 350 Å². The molecule has 59 heavy (non-hydrogen) atoms. The molecule has 0 unspecified atom stereocenters. The van der Waals surface area contributed by atoms with Crippen LogP contribution >= 0.6 is 0 Å². The molecule has 292 valence electrons. The Morgan fingerprint density at radius 2 is 0.966 bits per heavy atom. The number of para-hydroxylation sites is 1. The number of benzene rings is 7. The predicted octanol–water partition coefficient (Wildman–Crippen LogP) is 13.5. The van der Waals surface area contributed by atoms with Gasteiger partial charge in [-0.15, -0.1) is 0 Å². The number of anilines is 6. The normalized spacial score (nSPS) is 13.8. The van der Waals surface area contributed by atoms with Gasteiger partial charge in [0.05, 0.1) is 0 Å². The molecule has 0 radical (unpaired) electrons. The summed E-state index contributed by atoms with van der Waals surface area (Å²) in [5.74, 6) is 0. The molecule has 1 aromatic heterocycles. The van der Waals surface area contributed by atoms with Crippen LogP contribution in [0.5, 0.6) is 0 Å². The molecule has 3 nitrogen and oxygen atoms in total. The lowest BCUT2D eigenvalue weighted by molar-refractivity contribution is 0.590. The van der Waals surface area contributed by atoms with Crippen LogP contribution in [-0.2, 0) is 16.2 Å². The van der Waals surface area contributed by atoms with Crippen LogP contribution in [0.2, 0.25) is 0 Å². The number of aryl methyl sites for hydroxylation is 1. The van der Waals surface area contributed by atoms with Crippen molar-refractivity contribution in [1.29, 1.82) is 0 Å². The molecule has 2 aliphatic heterocycles. The van der Waals surface area contributed by atoms with E-state index in [9.17, 15) is 0 Å². The number of furan rings is 1. The Morgan fingerprint density at radius 1 is 0.424 bits per heavy atom. The lowest BCUT2D eigenvalue weighted by Crippen LogP contribution is -2.61. The highest BCUT2D eigenvalue weighted by atomic mass is 16.3. The molecule has 3 heterocycles. The predicted molar refractivity (Wildman–Crippen MR) is 254 cm³/mol. The van der Waals surface area contributed by atoms with Crippen LogP contribution in [0.4, 0.5) is 34.1 Å². The number of rotatable bonds is 3. The van der Waals surface area contributed by atoms with E-state index in [-0.39, 0.29) is 23.0 Å². The zero-order chi connectivity index (χ0) is 41.2. The summed E-state index contributed by atoms with van der Waals surface area (Å²) < 4.78 is 6.30. The second-order valence-corrected chi connectivity index (χ2v) is 20.0. The van der Waals surface area contributed by atoms with E-state index in [1.807, 2.05) is 12.1 Å². The molecule has 2 aliphatic rings. The Balaban J connectivity index is 1.19. The maximum atomic E-state index is 6.30. The van der Waals surface area contributed by atoms with Crippen LogP contribution in [0.3, 0.4) is 0 Å². The van der Waals surface area contributed by atoms with Gasteiger partial charge in [0.25, 0.3) is 6.71 Å². The minimum Gasteiger partial charge on any atom is -0.456 e. The highest BCUT2D eigenvalue weighted by molar-refractivity contribution is 7.00. The lowest BCUT2D eigenvalue weighted by Gasteiger charge is -2.45.